The lowest BCUT2D eigenvalue weighted by atomic mass is 10.2. The van der Waals surface area contributed by atoms with E-state index in [-0.39, 0.29) is 0 Å². The van der Waals surface area contributed by atoms with Gasteiger partial charge in [0, 0.05) is 35.0 Å². The van der Waals surface area contributed by atoms with Gasteiger partial charge in [-0.05, 0) is 52.0 Å². The van der Waals surface area contributed by atoms with E-state index in [4.69, 9.17) is 17.0 Å². The third-order valence-electron chi connectivity index (χ3n) is 3.80. The van der Waals surface area contributed by atoms with Crippen LogP contribution in [-0.4, -0.2) is 55.1 Å². The molecule has 0 spiro atoms. The molecule has 1 saturated heterocycles. The number of nitrogens with zero attached hydrogens (tertiary/aromatic N) is 2. The smallest absolute Gasteiger partial charge is 0.186 e. The number of morpholine rings is 1. The summed E-state index contributed by atoms with van der Waals surface area (Å²) >= 11 is 7.06. The lowest BCUT2D eigenvalue weighted by molar-refractivity contribution is 0.0376. The van der Waals surface area contributed by atoms with Crippen molar-refractivity contribution in [3.63, 3.8) is 0 Å². The molecule has 0 aromatic carbocycles. The highest BCUT2D eigenvalue weighted by Crippen LogP contribution is 2.20. The van der Waals surface area contributed by atoms with Gasteiger partial charge in [0.2, 0.25) is 0 Å². The van der Waals surface area contributed by atoms with Crippen molar-refractivity contribution >= 4 is 34.4 Å². The predicted molar refractivity (Wildman–Crippen MR) is 102 cm³/mol. The zero-order chi connectivity index (χ0) is 16.7. The van der Waals surface area contributed by atoms with Crippen LogP contribution in [0.5, 0.6) is 0 Å². The van der Waals surface area contributed by atoms with Crippen LogP contribution in [0.4, 0.5) is 0 Å². The van der Waals surface area contributed by atoms with Crippen molar-refractivity contribution in [1.29, 1.82) is 0 Å². The topological polar surface area (TPSA) is 48.9 Å². The first-order valence-corrected chi connectivity index (χ1v) is 9.24. The van der Waals surface area contributed by atoms with Crippen molar-refractivity contribution in [2.45, 2.75) is 27.2 Å². The van der Waals surface area contributed by atoms with E-state index in [9.17, 15) is 0 Å². The van der Waals surface area contributed by atoms with E-state index in [0.29, 0.717) is 5.11 Å². The van der Waals surface area contributed by atoms with E-state index >= 15 is 0 Å². The molecule has 0 atom stereocenters. The number of hydrogen-bond acceptors (Lipinski definition) is 5. The summed E-state index contributed by atoms with van der Waals surface area (Å²) in [5.74, 6) is 0. The number of hydrogen-bond donors (Lipinski definition) is 2. The molecule has 0 radical (unpaired) electrons. The van der Waals surface area contributed by atoms with Gasteiger partial charge in [-0.1, -0.05) is 0 Å². The molecule has 128 valence electrons. The molecule has 0 bridgehead atoms. The molecular formula is C16H26N4OS2. The quantitative estimate of drug-likeness (QED) is 0.355. The Morgan fingerprint density at radius 3 is 2.78 bits per heavy atom. The Hall–Kier alpha value is -1.02. The van der Waals surface area contributed by atoms with Crippen LogP contribution in [0.3, 0.4) is 0 Å². The summed E-state index contributed by atoms with van der Waals surface area (Å²) in [6.07, 6.45) is 1.06. The molecule has 0 unspecified atom stereocenters. The highest BCUT2D eigenvalue weighted by atomic mass is 32.1. The third kappa shape index (κ3) is 6.18. The van der Waals surface area contributed by atoms with Crippen molar-refractivity contribution in [2.75, 3.05) is 39.4 Å². The Morgan fingerprint density at radius 1 is 1.39 bits per heavy atom. The molecule has 2 heterocycles. The first-order valence-electron chi connectivity index (χ1n) is 8.02. The fourth-order valence-electron chi connectivity index (χ4n) is 2.55. The van der Waals surface area contributed by atoms with E-state index in [2.05, 4.69) is 40.7 Å². The molecule has 1 aliphatic heterocycles. The average molecular weight is 355 g/mol. The SMILES string of the molecule is C/C(=N/NC(=S)NCCCN1CCOCC1)c1cc(C)sc1C. The molecule has 0 aliphatic carbocycles. The Bertz CT molecular complexity index is 550. The standard InChI is InChI=1S/C16H26N4OS2/c1-12-11-15(14(3)23-12)13(2)18-19-16(22)17-5-4-6-20-7-9-21-10-8-20/h11H,4-10H2,1-3H3,(H2,17,19,22)/b18-13-. The summed E-state index contributed by atoms with van der Waals surface area (Å²) in [7, 11) is 0. The third-order valence-corrected chi connectivity index (χ3v) is 5.00. The molecule has 1 aliphatic rings. The molecule has 23 heavy (non-hydrogen) atoms. The van der Waals surface area contributed by atoms with Crippen LogP contribution in [0.1, 0.15) is 28.7 Å². The van der Waals surface area contributed by atoms with Crippen molar-refractivity contribution in [3.8, 4) is 0 Å². The van der Waals surface area contributed by atoms with Crippen molar-refractivity contribution in [2.24, 2.45) is 5.10 Å². The van der Waals surface area contributed by atoms with Gasteiger partial charge >= 0.3 is 0 Å². The molecule has 2 rings (SSSR count). The largest absolute Gasteiger partial charge is 0.379 e. The van der Waals surface area contributed by atoms with Gasteiger partial charge in [-0.15, -0.1) is 11.3 Å². The van der Waals surface area contributed by atoms with Gasteiger partial charge in [-0.3, -0.25) is 10.3 Å². The van der Waals surface area contributed by atoms with Gasteiger partial charge in [-0.25, -0.2) is 0 Å². The summed E-state index contributed by atoms with van der Waals surface area (Å²) in [4.78, 5) is 5.01. The highest BCUT2D eigenvalue weighted by molar-refractivity contribution is 7.80. The summed E-state index contributed by atoms with van der Waals surface area (Å²) in [5, 5.41) is 8.17. The maximum Gasteiger partial charge on any atom is 0.186 e. The van der Waals surface area contributed by atoms with Gasteiger partial charge in [0.25, 0.3) is 0 Å². The second kappa shape index (κ2) is 9.32. The second-order valence-electron chi connectivity index (χ2n) is 5.70. The van der Waals surface area contributed by atoms with Gasteiger partial charge < -0.3 is 10.1 Å². The van der Waals surface area contributed by atoms with E-state index in [0.717, 1.165) is 51.5 Å². The molecule has 1 fully saturated rings. The molecule has 1 aromatic rings. The van der Waals surface area contributed by atoms with Crippen LogP contribution in [-0.2, 0) is 4.74 Å². The minimum Gasteiger partial charge on any atom is -0.379 e. The molecule has 7 heteroatoms. The van der Waals surface area contributed by atoms with Gasteiger partial charge in [0.15, 0.2) is 5.11 Å². The fraction of sp³-hybridized carbons (Fsp3) is 0.625. The van der Waals surface area contributed by atoms with Crippen molar-refractivity contribution in [3.05, 3.63) is 21.4 Å². The lowest BCUT2D eigenvalue weighted by Crippen LogP contribution is -2.39. The maximum atomic E-state index is 5.34. The van der Waals surface area contributed by atoms with Crippen LogP contribution in [0.25, 0.3) is 0 Å². The number of rotatable bonds is 6. The number of nitrogens with one attached hydrogen (secondary N) is 2. The Kier molecular flexibility index (Phi) is 7.42. The van der Waals surface area contributed by atoms with Crippen LogP contribution < -0.4 is 10.7 Å². The summed E-state index contributed by atoms with van der Waals surface area (Å²) in [6, 6.07) is 2.17. The van der Waals surface area contributed by atoms with E-state index in [1.165, 1.54) is 15.3 Å². The minimum absolute atomic E-state index is 0.580. The van der Waals surface area contributed by atoms with Crippen molar-refractivity contribution < 1.29 is 4.74 Å². The lowest BCUT2D eigenvalue weighted by Gasteiger charge is -2.26. The molecule has 2 N–H and O–H groups in total. The molecule has 0 amide bonds. The summed E-state index contributed by atoms with van der Waals surface area (Å²) in [5.41, 5.74) is 5.09. The van der Waals surface area contributed by atoms with Crippen LogP contribution >= 0.6 is 23.6 Å². The van der Waals surface area contributed by atoms with E-state index < -0.39 is 0 Å². The Labute approximate surface area is 148 Å². The predicted octanol–water partition coefficient (Wildman–Crippen LogP) is 2.28. The normalized spacial score (nSPS) is 16.4. The van der Waals surface area contributed by atoms with E-state index in [1.807, 2.05) is 6.92 Å². The number of hydrazone groups is 1. The Balaban J connectivity index is 1.66. The van der Waals surface area contributed by atoms with Crippen molar-refractivity contribution in [1.82, 2.24) is 15.6 Å². The van der Waals surface area contributed by atoms with Crippen LogP contribution in [0.2, 0.25) is 0 Å². The number of aryl methyl sites for hydroxylation is 2. The first-order chi connectivity index (χ1) is 11.1. The zero-order valence-corrected chi connectivity index (χ0v) is 15.8. The summed E-state index contributed by atoms with van der Waals surface area (Å²) < 4.78 is 5.34. The Morgan fingerprint density at radius 2 is 2.13 bits per heavy atom. The van der Waals surface area contributed by atoms with Gasteiger partial charge in [-0.2, -0.15) is 5.10 Å². The van der Waals surface area contributed by atoms with Gasteiger partial charge in [0.1, 0.15) is 0 Å². The molecule has 5 nitrogen and oxygen atoms in total. The number of ether oxygens (including phenoxy) is 1. The average Bonchev–Trinajstić information content (AvgIpc) is 2.89. The van der Waals surface area contributed by atoms with Gasteiger partial charge in [0.05, 0.1) is 18.9 Å². The summed E-state index contributed by atoms with van der Waals surface area (Å²) in [6.45, 7) is 11.9. The van der Waals surface area contributed by atoms with E-state index in [1.54, 1.807) is 11.3 Å². The van der Waals surface area contributed by atoms with Crippen LogP contribution in [0.15, 0.2) is 11.2 Å². The zero-order valence-electron chi connectivity index (χ0n) is 14.1. The minimum atomic E-state index is 0.580. The highest BCUT2D eigenvalue weighted by Gasteiger charge is 2.09. The first kappa shape index (κ1) is 18.3. The maximum absolute atomic E-state index is 5.34. The van der Waals surface area contributed by atoms with Crippen LogP contribution in [0, 0.1) is 13.8 Å². The second-order valence-corrected chi connectivity index (χ2v) is 7.57. The fourth-order valence-corrected chi connectivity index (χ4v) is 3.68. The number of thiophene rings is 1. The number of thiocarbonyl (C=S) groups is 1. The molecule has 0 saturated carbocycles. The molecule has 1 aromatic heterocycles. The monoisotopic (exact) mass is 354 g/mol. The molecular weight excluding hydrogens is 328 g/mol.